The number of ether oxygens (including phenoxy) is 1. The van der Waals surface area contributed by atoms with E-state index in [1.807, 2.05) is 18.0 Å². The number of rotatable bonds is 6. The second-order valence-corrected chi connectivity index (χ2v) is 6.84. The molecule has 1 heterocycles. The average molecular weight is 342 g/mol. The molecule has 3 rings (SSSR count). The highest BCUT2D eigenvalue weighted by molar-refractivity contribution is 5.89. The van der Waals surface area contributed by atoms with Gasteiger partial charge >= 0.3 is 5.97 Å². The Kier molecular flexibility index (Phi) is 5.56. The molecule has 0 radical (unpaired) electrons. The van der Waals surface area contributed by atoms with E-state index in [1.54, 1.807) is 7.11 Å². The monoisotopic (exact) mass is 342 g/mol. The van der Waals surface area contributed by atoms with E-state index in [0.29, 0.717) is 6.04 Å². The van der Waals surface area contributed by atoms with Crippen molar-refractivity contribution >= 4 is 16.7 Å². The van der Waals surface area contributed by atoms with Crippen molar-refractivity contribution in [3.63, 3.8) is 0 Å². The second-order valence-electron chi connectivity index (χ2n) is 6.84. The van der Waals surface area contributed by atoms with Crippen LogP contribution < -0.4 is 4.74 Å². The van der Waals surface area contributed by atoms with Crippen LogP contribution in [-0.2, 0) is 11.3 Å². The first-order valence-electron chi connectivity index (χ1n) is 8.77. The summed E-state index contributed by atoms with van der Waals surface area (Å²) >= 11 is 0. The van der Waals surface area contributed by atoms with Crippen LogP contribution in [0.2, 0.25) is 0 Å². The van der Waals surface area contributed by atoms with Gasteiger partial charge in [0.1, 0.15) is 5.75 Å². The van der Waals surface area contributed by atoms with Crippen molar-refractivity contribution in [3.8, 4) is 5.75 Å². The number of likely N-dealkylation sites (tertiary alicyclic amines) is 1. The normalized spacial score (nSPS) is 16.4. The van der Waals surface area contributed by atoms with Crippen molar-refractivity contribution in [1.82, 2.24) is 9.80 Å². The van der Waals surface area contributed by atoms with Gasteiger partial charge in [-0.05, 0) is 56.1 Å². The number of fused-ring (bicyclic) bond motifs is 1. The molecule has 2 aromatic carbocycles. The third-order valence-electron chi connectivity index (χ3n) is 5.07. The van der Waals surface area contributed by atoms with Crippen LogP contribution >= 0.6 is 0 Å². The van der Waals surface area contributed by atoms with Crippen molar-refractivity contribution in [2.75, 3.05) is 33.8 Å². The first-order valence-corrected chi connectivity index (χ1v) is 8.77. The number of likely N-dealkylation sites (N-methyl/N-ethyl adjacent to an activating group) is 1. The Morgan fingerprint density at radius 1 is 1.28 bits per heavy atom. The molecule has 1 fully saturated rings. The third kappa shape index (κ3) is 4.30. The van der Waals surface area contributed by atoms with Crippen molar-refractivity contribution in [1.29, 1.82) is 0 Å². The molecule has 0 atom stereocenters. The number of carbonyl (C=O) groups is 1. The van der Waals surface area contributed by atoms with E-state index in [1.165, 1.54) is 10.9 Å². The Balaban J connectivity index is 1.64. The van der Waals surface area contributed by atoms with Gasteiger partial charge in [-0.3, -0.25) is 14.6 Å². The molecule has 0 spiro atoms. The van der Waals surface area contributed by atoms with Crippen LogP contribution in [-0.4, -0.2) is 60.7 Å². The maximum Gasteiger partial charge on any atom is 0.317 e. The first kappa shape index (κ1) is 17.7. The van der Waals surface area contributed by atoms with Gasteiger partial charge in [-0.2, -0.15) is 0 Å². The minimum atomic E-state index is -0.756. The Hall–Kier alpha value is -2.11. The smallest absolute Gasteiger partial charge is 0.317 e. The number of carboxylic acids is 1. The maximum atomic E-state index is 10.9. The first-order chi connectivity index (χ1) is 12.1. The van der Waals surface area contributed by atoms with E-state index >= 15 is 0 Å². The molecule has 0 aromatic heterocycles. The summed E-state index contributed by atoms with van der Waals surface area (Å²) in [6.45, 7) is 3.00. The number of hydrogen-bond acceptors (Lipinski definition) is 4. The molecule has 5 nitrogen and oxygen atoms in total. The number of benzene rings is 2. The van der Waals surface area contributed by atoms with Gasteiger partial charge in [0.15, 0.2) is 0 Å². The number of piperidine rings is 1. The summed E-state index contributed by atoms with van der Waals surface area (Å²) in [7, 11) is 3.62. The predicted molar refractivity (Wildman–Crippen MR) is 99.1 cm³/mol. The SMILES string of the molecule is COc1cc(CN2CCC(N(C)CC(=O)O)CC2)cc2ccccc12. The molecule has 25 heavy (non-hydrogen) atoms. The average Bonchev–Trinajstić information content (AvgIpc) is 2.61. The van der Waals surface area contributed by atoms with Crippen LogP contribution in [0.25, 0.3) is 10.8 Å². The standard InChI is InChI=1S/C20H26N2O3/c1-21(14-20(23)24)17-7-9-22(10-8-17)13-15-11-16-5-3-4-6-18(16)19(12-15)25-2/h3-6,11-12,17H,7-10,13-14H2,1-2H3,(H,23,24). The number of aliphatic carboxylic acids is 1. The summed E-state index contributed by atoms with van der Waals surface area (Å²) in [4.78, 5) is 15.3. The molecule has 0 unspecified atom stereocenters. The maximum absolute atomic E-state index is 10.9. The van der Waals surface area contributed by atoms with Gasteiger partial charge in [-0.15, -0.1) is 0 Å². The lowest BCUT2D eigenvalue weighted by Gasteiger charge is -2.36. The summed E-state index contributed by atoms with van der Waals surface area (Å²) in [5.74, 6) is 0.164. The summed E-state index contributed by atoms with van der Waals surface area (Å²) < 4.78 is 5.56. The Morgan fingerprint density at radius 3 is 2.68 bits per heavy atom. The Labute approximate surface area is 148 Å². The fourth-order valence-corrected chi connectivity index (χ4v) is 3.71. The number of methoxy groups -OCH3 is 1. The summed E-state index contributed by atoms with van der Waals surface area (Å²) in [5.41, 5.74) is 1.26. The number of nitrogens with zero attached hydrogens (tertiary/aromatic N) is 2. The molecule has 0 bridgehead atoms. The lowest BCUT2D eigenvalue weighted by molar-refractivity contribution is -0.138. The van der Waals surface area contributed by atoms with Crippen LogP contribution in [0.15, 0.2) is 36.4 Å². The summed E-state index contributed by atoms with van der Waals surface area (Å²) in [6, 6.07) is 13.0. The van der Waals surface area contributed by atoms with Crippen LogP contribution in [0.4, 0.5) is 0 Å². The van der Waals surface area contributed by atoms with Crippen molar-refractivity contribution in [3.05, 3.63) is 42.0 Å². The van der Waals surface area contributed by atoms with Gasteiger partial charge in [-0.1, -0.05) is 24.3 Å². The van der Waals surface area contributed by atoms with Crippen molar-refractivity contribution < 1.29 is 14.6 Å². The van der Waals surface area contributed by atoms with Gasteiger partial charge in [0.05, 0.1) is 13.7 Å². The molecule has 2 aromatic rings. The molecule has 5 heteroatoms. The summed E-state index contributed by atoms with van der Waals surface area (Å²) in [5, 5.41) is 11.3. The molecule has 1 aliphatic rings. The second kappa shape index (κ2) is 7.85. The van der Waals surface area contributed by atoms with E-state index in [2.05, 4.69) is 35.2 Å². The molecular formula is C20H26N2O3. The van der Waals surface area contributed by atoms with E-state index in [0.717, 1.165) is 43.6 Å². The molecule has 0 saturated carbocycles. The van der Waals surface area contributed by atoms with E-state index in [4.69, 9.17) is 9.84 Å². The molecule has 134 valence electrons. The van der Waals surface area contributed by atoms with Gasteiger partial charge in [0.2, 0.25) is 0 Å². The van der Waals surface area contributed by atoms with Crippen LogP contribution in [0.3, 0.4) is 0 Å². The topological polar surface area (TPSA) is 53.0 Å². The Morgan fingerprint density at radius 2 is 2.00 bits per heavy atom. The van der Waals surface area contributed by atoms with Crippen LogP contribution in [0.1, 0.15) is 18.4 Å². The van der Waals surface area contributed by atoms with Crippen molar-refractivity contribution in [2.24, 2.45) is 0 Å². The lowest BCUT2D eigenvalue weighted by atomic mass is 10.0. The number of carboxylic acid groups (broad SMARTS) is 1. The quantitative estimate of drug-likeness (QED) is 0.875. The highest BCUT2D eigenvalue weighted by atomic mass is 16.5. The minimum Gasteiger partial charge on any atom is -0.496 e. The van der Waals surface area contributed by atoms with E-state index in [-0.39, 0.29) is 6.54 Å². The van der Waals surface area contributed by atoms with Gasteiger partial charge in [0.25, 0.3) is 0 Å². The zero-order valence-electron chi connectivity index (χ0n) is 14.9. The van der Waals surface area contributed by atoms with Gasteiger partial charge in [-0.25, -0.2) is 0 Å². The largest absolute Gasteiger partial charge is 0.496 e. The van der Waals surface area contributed by atoms with Crippen LogP contribution in [0.5, 0.6) is 5.75 Å². The third-order valence-corrected chi connectivity index (χ3v) is 5.07. The van der Waals surface area contributed by atoms with E-state index < -0.39 is 5.97 Å². The molecule has 1 N–H and O–H groups in total. The fourth-order valence-electron chi connectivity index (χ4n) is 3.71. The highest BCUT2D eigenvalue weighted by Gasteiger charge is 2.23. The number of hydrogen-bond donors (Lipinski definition) is 1. The van der Waals surface area contributed by atoms with Crippen LogP contribution in [0, 0.1) is 0 Å². The van der Waals surface area contributed by atoms with Crippen molar-refractivity contribution in [2.45, 2.75) is 25.4 Å². The molecule has 1 saturated heterocycles. The predicted octanol–water partition coefficient (Wildman–Crippen LogP) is 2.83. The molecule has 0 amide bonds. The summed E-state index contributed by atoms with van der Waals surface area (Å²) in [6.07, 6.45) is 2.02. The Bertz CT molecular complexity index is 739. The molecule has 1 aliphatic heterocycles. The van der Waals surface area contributed by atoms with Gasteiger partial charge in [0, 0.05) is 18.0 Å². The molecule has 0 aliphatic carbocycles. The zero-order valence-corrected chi connectivity index (χ0v) is 14.9. The lowest BCUT2D eigenvalue weighted by Crippen LogP contribution is -2.44. The fraction of sp³-hybridized carbons (Fsp3) is 0.450. The highest BCUT2D eigenvalue weighted by Crippen LogP contribution is 2.28. The van der Waals surface area contributed by atoms with E-state index in [9.17, 15) is 4.79 Å². The minimum absolute atomic E-state index is 0.118. The van der Waals surface area contributed by atoms with Gasteiger partial charge < -0.3 is 9.84 Å². The zero-order chi connectivity index (χ0) is 17.8. The molecular weight excluding hydrogens is 316 g/mol.